The van der Waals surface area contributed by atoms with Gasteiger partial charge in [-0.25, -0.2) is 4.98 Å². The molecule has 3 nitrogen and oxygen atoms in total. The lowest BCUT2D eigenvalue weighted by Crippen LogP contribution is -2.00. The van der Waals surface area contributed by atoms with Gasteiger partial charge < -0.3 is 5.11 Å². The van der Waals surface area contributed by atoms with Gasteiger partial charge >= 0.3 is 0 Å². The molecule has 0 bridgehead atoms. The zero-order chi connectivity index (χ0) is 9.30. The van der Waals surface area contributed by atoms with Gasteiger partial charge in [-0.2, -0.15) is 0 Å². The molecule has 0 radical (unpaired) electrons. The van der Waals surface area contributed by atoms with Crippen LogP contribution in [0, 0.1) is 13.8 Å². The zero-order valence-corrected chi connectivity index (χ0v) is 9.14. The first-order chi connectivity index (χ1) is 5.52. The van der Waals surface area contributed by atoms with E-state index in [2.05, 4.69) is 9.97 Å². The molecular formula is C9H15ClN2O. The second-order valence-electron chi connectivity index (χ2n) is 3.26. The zero-order valence-electron chi connectivity index (χ0n) is 8.33. The van der Waals surface area contributed by atoms with Crippen molar-refractivity contribution in [1.29, 1.82) is 0 Å². The highest BCUT2D eigenvalue weighted by Crippen LogP contribution is 2.21. The summed E-state index contributed by atoms with van der Waals surface area (Å²) in [6.45, 7) is 7.71. The van der Waals surface area contributed by atoms with Crippen LogP contribution in [0.5, 0.6) is 5.88 Å². The lowest BCUT2D eigenvalue weighted by atomic mass is 10.1. The number of aromatic hydroxyl groups is 1. The van der Waals surface area contributed by atoms with Gasteiger partial charge in [0.1, 0.15) is 5.69 Å². The van der Waals surface area contributed by atoms with Gasteiger partial charge in [-0.05, 0) is 13.8 Å². The van der Waals surface area contributed by atoms with Crippen molar-refractivity contribution in [3.05, 3.63) is 17.1 Å². The third kappa shape index (κ3) is 2.56. The van der Waals surface area contributed by atoms with E-state index in [1.165, 1.54) is 0 Å². The van der Waals surface area contributed by atoms with Crippen molar-refractivity contribution in [2.24, 2.45) is 0 Å². The largest absolute Gasteiger partial charge is 0.492 e. The summed E-state index contributed by atoms with van der Waals surface area (Å²) in [6.07, 6.45) is 0. The number of aryl methyl sites for hydroxylation is 2. The lowest BCUT2D eigenvalue weighted by molar-refractivity contribution is 0.435. The highest BCUT2D eigenvalue weighted by atomic mass is 35.5. The molecule has 0 aromatic carbocycles. The summed E-state index contributed by atoms with van der Waals surface area (Å²) in [6, 6.07) is 0. The van der Waals surface area contributed by atoms with Crippen LogP contribution in [0.2, 0.25) is 0 Å². The maximum Gasteiger partial charge on any atom is 0.233 e. The highest BCUT2D eigenvalue weighted by molar-refractivity contribution is 5.85. The van der Waals surface area contributed by atoms with E-state index in [-0.39, 0.29) is 24.2 Å². The van der Waals surface area contributed by atoms with Crippen molar-refractivity contribution in [3.63, 3.8) is 0 Å². The third-order valence-corrected chi connectivity index (χ3v) is 1.86. The fraction of sp³-hybridized carbons (Fsp3) is 0.556. The quantitative estimate of drug-likeness (QED) is 0.761. The fourth-order valence-electron chi connectivity index (χ4n) is 0.996. The molecule has 0 aliphatic heterocycles. The summed E-state index contributed by atoms with van der Waals surface area (Å²) in [7, 11) is 0. The molecule has 0 aliphatic rings. The Balaban J connectivity index is 0.00000144. The Morgan fingerprint density at radius 2 is 1.54 bits per heavy atom. The minimum Gasteiger partial charge on any atom is -0.492 e. The van der Waals surface area contributed by atoms with Gasteiger partial charge in [0, 0.05) is 5.92 Å². The van der Waals surface area contributed by atoms with E-state index in [9.17, 15) is 5.11 Å². The van der Waals surface area contributed by atoms with Crippen LogP contribution in [0.25, 0.3) is 0 Å². The van der Waals surface area contributed by atoms with Crippen molar-refractivity contribution in [1.82, 2.24) is 9.97 Å². The number of halogens is 1. The van der Waals surface area contributed by atoms with Crippen molar-refractivity contribution >= 4 is 12.4 Å². The molecule has 1 aromatic heterocycles. The Kier molecular flexibility index (Phi) is 4.14. The maximum atomic E-state index is 9.41. The van der Waals surface area contributed by atoms with Crippen LogP contribution in [0.15, 0.2) is 0 Å². The monoisotopic (exact) mass is 202 g/mol. The second-order valence-corrected chi connectivity index (χ2v) is 3.26. The third-order valence-electron chi connectivity index (χ3n) is 1.86. The number of hydrogen-bond acceptors (Lipinski definition) is 3. The average Bonchev–Trinajstić information content (AvgIpc) is 1.96. The summed E-state index contributed by atoms with van der Waals surface area (Å²) in [5, 5.41) is 9.41. The van der Waals surface area contributed by atoms with Crippen LogP contribution >= 0.6 is 12.4 Å². The standard InChI is InChI=1S/C9H14N2O.ClH/c1-5(2)8-9(12)11-7(4)6(3)10-8;/h5H,1-4H3,(H,11,12);1H. The van der Waals surface area contributed by atoms with Gasteiger partial charge in [0.15, 0.2) is 0 Å². The molecule has 13 heavy (non-hydrogen) atoms. The van der Waals surface area contributed by atoms with Gasteiger partial charge in [0.25, 0.3) is 0 Å². The fourth-order valence-corrected chi connectivity index (χ4v) is 0.996. The minimum absolute atomic E-state index is 0. The number of nitrogens with zero attached hydrogens (tertiary/aromatic N) is 2. The summed E-state index contributed by atoms with van der Waals surface area (Å²) in [5.74, 6) is 0.282. The Hall–Kier alpha value is -0.830. The highest BCUT2D eigenvalue weighted by Gasteiger charge is 2.10. The van der Waals surface area contributed by atoms with E-state index < -0.39 is 0 Å². The minimum atomic E-state index is 0. The van der Waals surface area contributed by atoms with Crippen molar-refractivity contribution in [2.75, 3.05) is 0 Å². The first kappa shape index (κ1) is 12.2. The Morgan fingerprint density at radius 3 is 2.00 bits per heavy atom. The summed E-state index contributed by atoms with van der Waals surface area (Å²) in [4.78, 5) is 8.25. The van der Waals surface area contributed by atoms with Crippen LogP contribution in [0.4, 0.5) is 0 Å². The molecule has 1 N–H and O–H groups in total. The normalized spacial score (nSPS) is 9.92. The van der Waals surface area contributed by atoms with Gasteiger partial charge in [-0.1, -0.05) is 13.8 Å². The van der Waals surface area contributed by atoms with E-state index in [1.807, 2.05) is 27.7 Å². The first-order valence-corrected chi connectivity index (χ1v) is 4.06. The Morgan fingerprint density at radius 1 is 1.08 bits per heavy atom. The smallest absolute Gasteiger partial charge is 0.233 e. The van der Waals surface area contributed by atoms with Crippen LogP contribution < -0.4 is 0 Å². The summed E-state index contributed by atoms with van der Waals surface area (Å²) < 4.78 is 0. The molecule has 0 saturated carbocycles. The predicted molar refractivity (Wildman–Crippen MR) is 54.5 cm³/mol. The molecule has 4 heteroatoms. The molecule has 1 rings (SSSR count). The molecule has 0 spiro atoms. The lowest BCUT2D eigenvalue weighted by Gasteiger charge is -2.08. The van der Waals surface area contributed by atoms with Crippen LogP contribution in [-0.4, -0.2) is 15.1 Å². The molecule has 0 aliphatic carbocycles. The molecule has 0 unspecified atom stereocenters. The van der Waals surface area contributed by atoms with Gasteiger partial charge in [0.2, 0.25) is 5.88 Å². The number of hydrogen-bond donors (Lipinski definition) is 1. The van der Waals surface area contributed by atoms with Gasteiger partial charge in [-0.3, -0.25) is 4.98 Å². The van der Waals surface area contributed by atoms with Crippen molar-refractivity contribution in [2.45, 2.75) is 33.6 Å². The molecule has 0 atom stereocenters. The Labute approximate surface area is 84.6 Å². The molecule has 0 saturated heterocycles. The molecule has 0 amide bonds. The average molecular weight is 203 g/mol. The SMILES string of the molecule is Cc1nc(O)c(C(C)C)nc1C.Cl. The van der Waals surface area contributed by atoms with Crippen molar-refractivity contribution < 1.29 is 5.11 Å². The van der Waals surface area contributed by atoms with E-state index in [1.54, 1.807) is 0 Å². The van der Waals surface area contributed by atoms with E-state index >= 15 is 0 Å². The van der Waals surface area contributed by atoms with Crippen molar-refractivity contribution in [3.8, 4) is 5.88 Å². The Bertz CT molecular complexity index is 300. The van der Waals surface area contributed by atoms with Crippen LogP contribution in [-0.2, 0) is 0 Å². The number of rotatable bonds is 1. The van der Waals surface area contributed by atoms with Crippen LogP contribution in [0.1, 0.15) is 36.8 Å². The topological polar surface area (TPSA) is 46.0 Å². The van der Waals surface area contributed by atoms with E-state index in [4.69, 9.17) is 0 Å². The number of aromatic nitrogens is 2. The molecule has 1 aromatic rings. The molecule has 74 valence electrons. The second kappa shape index (κ2) is 4.42. The molecule has 1 heterocycles. The van der Waals surface area contributed by atoms with Crippen LogP contribution in [0.3, 0.4) is 0 Å². The van der Waals surface area contributed by atoms with Gasteiger partial charge in [-0.15, -0.1) is 12.4 Å². The summed E-state index contributed by atoms with van der Waals surface area (Å²) in [5.41, 5.74) is 2.35. The van der Waals surface area contributed by atoms with E-state index in [0.717, 1.165) is 11.4 Å². The molecular weight excluding hydrogens is 188 g/mol. The maximum absolute atomic E-state index is 9.41. The summed E-state index contributed by atoms with van der Waals surface area (Å²) >= 11 is 0. The van der Waals surface area contributed by atoms with E-state index in [0.29, 0.717) is 5.69 Å². The first-order valence-electron chi connectivity index (χ1n) is 4.06. The predicted octanol–water partition coefficient (Wildman–Crippen LogP) is 2.34. The molecule has 0 fully saturated rings. The van der Waals surface area contributed by atoms with Gasteiger partial charge in [0.05, 0.1) is 11.4 Å².